The molecule has 0 bridgehead atoms. The van der Waals surface area contributed by atoms with Gasteiger partial charge in [-0.25, -0.2) is 4.39 Å². The van der Waals surface area contributed by atoms with E-state index in [-0.39, 0.29) is 11.9 Å². The van der Waals surface area contributed by atoms with Gasteiger partial charge in [0.25, 0.3) is 0 Å². The molecular formula is C12H14FNO2. The second kappa shape index (κ2) is 3.77. The Hall–Kier alpha value is -1.58. The third-order valence-electron chi connectivity index (χ3n) is 3.32. The first-order valence-corrected chi connectivity index (χ1v) is 5.25. The Labute approximate surface area is 93.5 Å². The van der Waals surface area contributed by atoms with Gasteiger partial charge in [-0.3, -0.25) is 4.79 Å². The van der Waals surface area contributed by atoms with E-state index < -0.39 is 11.9 Å². The number of halogens is 1. The normalized spacial score (nSPS) is 20.7. The highest BCUT2D eigenvalue weighted by Crippen LogP contribution is 2.35. The Morgan fingerprint density at radius 2 is 2.31 bits per heavy atom. The molecule has 86 valence electrons. The fourth-order valence-corrected chi connectivity index (χ4v) is 2.32. The number of carboxylic acid groups (broad SMARTS) is 1. The van der Waals surface area contributed by atoms with Crippen molar-refractivity contribution in [3.63, 3.8) is 0 Å². The van der Waals surface area contributed by atoms with Gasteiger partial charge in [0.1, 0.15) is 5.82 Å². The van der Waals surface area contributed by atoms with Crippen molar-refractivity contribution in [1.82, 2.24) is 0 Å². The molecule has 4 heteroatoms. The lowest BCUT2D eigenvalue weighted by Gasteiger charge is -2.25. The Balaban J connectivity index is 2.34. The zero-order chi connectivity index (χ0) is 11.9. The minimum atomic E-state index is -0.843. The maximum atomic E-state index is 13.6. The second-order valence-corrected chi connectivity index (χ2v) is 4.26. The van der Waals surface area contributed by atoms with Crippen molar-refractivity contribution in [3.05, 3.63) is 29.6 Å². The predicted octanol–water partition coefficient (Wildman–Crippen LogP) is 1.91. The topological polar surface area (TPSA) is 40.5 Å². The van der Waals surface area contributed by atoms with Gasteiger partial charge in [-0.2, -0.15) is 0 Å². The van der Waals surface area contributed by atoms with E-state index in [0.29, 0.717) is 12.1 Å². The standard InChI is InChI=1S/C12H14FNO2/c1-7(12(15)16)10-6-8-4-3-5-9(13)11(8)14(10)2/h3-5,7,10H,6H2,1-2H3,(H,15,16). The quantitative estimate of drug-likeness (QED) is 0.832. The van der Waals surface area contributed by atoms with Crippen LogP contribution in [0.15, 0.2) is 18.2 Å². The first-order chi connectivity index (χ1) is 7.52. The van der Waals surface area contributed by atoms with Gasteiger partial charge < -0.3 is 10.0 Å². The summed E-state index contributed by atoms with van der Waals surface area (Å²) in [4.78, 5) is 12.7. The zero-order valence-electron chi connectivity index (χ0n) is 9.27. The van der Waals surface area contributed by atoms with Crippen LogP contribution >= 0.6 is 0 Å². The van der Waals surface area contributed by atoms with E-state index in [9.17, 15) is 9.18 Å². The molecule has 0 fully saturated rings. The van der Waals surface area contributed by atoms with Gasteiger partial charge >= 0.3 is 5.97 Å². The molecule has 0 aromatic heterocycles. The van der Waals surface area contributed by atoms with Crippen molar-refractivity contribution >= 4 is 11.7 Å². The summed E-state index contributed by atoms with van der Waals surface area (Å²) >= 11 is 0. The van der Waals surface area contributed by atoms with Crippen molar-refractivity contribution in [3.8, 4) is 0 Å². The molecule has 2 rings (SSSR count). The number of benzene rings is 1. The van der Waals surface area contributed by atoms with Gasteiger partial charge in [0, 0.05) is 13.1 Å². The summed E-state index contributed by atoms with van der Waals surface area (Å²) in [6, 6.07) is 4.76. The molecule has 3 nitrogen and oxygen atoms in total. The Morgan fingerprint density at radius 1 is 1.62 bits per heavy atom. The molecule has 1 aliphatic heterocycles. The minimum Gasteiger partial charge on any atom is -0.481 e. The number of fused-ring (bicyclic) bond motifs is 1. The number of likely N-dealkylation sites (N-methyl/N-ethyl adjacent to an activating group) is 1. The molecule has 1 aromatic carbocycles. The number of carbonyl (C=O) groups is 1. The van der Waals surface area contributed by atoms with Crippen LogP contribution in [0.5, 0.6) is 0 Å². The van der Waals surface area contributed by atoms with Gasteiger partial charge in [-0.1, -0.05) is 12.1 Å². The molecule has 0 saturated carbocycles. The molecule has 1 aromatic rings. The van der Waals surface area contributed by atoms with Crippen molar-refractivity contribution in [2.45, 2.75) is 19.4 Å². The number of anilines is 1. The molecule has 0 aliphatic carbocycles. The maximum Gasteiger partial charge on any atom is 0.308 e. The summed E-state index contributed by atoms with van der Waals surface area (Å²) in [6.45, 7) is 1.66. The smallest absolute Gasteiger partial charge is 0.308 e. The number of hydrogen-bond donors (Lipinski definition) is 1. The van der Waals surface area contributed by atoms with Crippen molar-refractivity contribution < 1.29 is 14.3 Å². The summed E-state index contributed by atoms with van der Waals surface area (Å²) in [5.74, 6) is -1.62. The van der Waals surface area contributed by atoms with Gasteiger partial charge in [0.2, 0.25) is 0 Å². The summed E-state index contributed by atoms with van der Waals surface area (Å²) < 4.78 is 13.6. The molecular weight excluding hydrogens is 209 g/mol. The van der Waals surface area contributed by atoms with Crippen molar-refractivity contribution in [1.29, 1.82) is 0 Å². The monoisotopic (exact) mass is 223 g/mol. The summed E-state index contributed by atoms with van der Waals surface area (Å²) in [5, 5.41) is 8.99. The first kappa shape index (κ1) is 10.9. The SMILES string of the molecule is CC(C(=O)O)C1Cc2cccc(F)c2N1C. The van der Waals surface area contributed by atoms with Crippen LogP contribution in [0.25, 0.3) is 0 Å². The third kappa shape index (κ3) is 1.54. The van der Waals surface area contributed by atoms with Crippen LogP contribution in [0.3, 0.4) is 0 Å². The van der Waals surface area contributed by atoms with Crippen LogP contribution in [0, 0.1) is 11.7 Å². The van der Waals surface area contributed by atoms with Gasteiger partial charge in [-0.05, 0) is 25.0 Å². The molecule has 0 amide bonds. The third-order valence-corrected chi connectivity index (χ3v) is 3.32. The molecule has 1 heterocycles. The number of nitrogens with zero attached hydrogens (tertiary/aromatic N) is 1. The average molecular weight is 223 g/mol. The largest absolute Gasteiger partial charge is 0.481 e. The van der Waals surface area contributed by atoms with Crippen LogP contribution < -0.4 is 4.90 Å². The van der Waals surface area contributed by atoms with E-state index in [1.54, 1.807) is 24.9 Å². The van der Waals surface area contributed by atoms with E-state index in [1.165, 1.54) is 6.07 Å². The van der Waals surface area contributed by atoms with Crippen LogP contribution in [-0.2, 0) is 11.2 Å². The molecule has 2 atom stereocenters. The van der Waals surface area contributed by atoms with Gasteiger partial charge in [0.15, 0.2) is 0 Å². The molecule has 0 saturated heterocycles. The number of aliphatic carboxylic acids is 1. The lowest BCUT2D eigenvalue weighted by Crippen LogP contribution is -2.38. The summed E-state index contributed by atoms with van der Waals surface area (Å²) in [5.41, 5.74) is 1.43. The zero-order valence-corrected chi connectivity index (χ0v) is 9.27. The maximum absolute atomic E-state index is 13.6. The average Bonchev–Trinajstić information content (AvgIpc) is 2.56. The predicted molar refractivity (Wildman–Crippen MR) is 59.1 cm³/mol. The number of carboxylic acids is 1. The lowest BCUT2D eigenvalue weighted by molar-refractivity contribution is -0.141. The highest BCUT2D eigenvalue weighted by Gasteiger charge is 2.35. The van der Waals surface area contributed by atoms with Crippen LogP contribution in [0.2, 0.25) is 0 Å². The van der Waals surface area contributed by atoms with E-state index in [4.69, 9.17) is 5.11 Å². The Morgan fingerprint density at radius 3 is 2.88 bits per heavy atom. The molecule has 1 aliphatic rings. The Kier molecular flexibility index (Phi) is 2.58. The van der Waals surface area contributed by atoms with E-state index in [2.05, 4.69) is 0 Å². The Bertz CT molecular complexity index is 433. The fraction of sp³-hybridized carbons (Fsp3) is 0.417. The van der Waals surface area contributed by atoms with Gasteiger partial charge in [-0.15, -0.1) is 0 Å². The molecule has 1 N–H and O–H groups in total. The first-order valence-electron chi connectivity index (χ1n) is 5.25. The van der Waals surface area contributed by atoms with Crippen molar-refractivity contribution in [2.75, 3.05) is 11.9 Å². The van der Waals surface area contributed by atoms with E-state index >= 15 is 0 Å². The minimum absolute atomic E-state index is 0.163. The summed E-state index contributed by atoms with van der Waals surface area (Å²) in [6.07, 6.45) is 0.594. The van der Waals surface area contributed by atoms with E-state index in [0.717, 1.165) is 5.56 Å². The highest BCUT2D eigenvalue weighted by molar-refractivity contribution is 5.73. The van der Waals surface area contributed by atoms with Crippen molar-refractivity contribution in [2.24, 2.45) is 5.92 Å². The van der Waals surface area contributed by atoms with Crippen LogP contribution in [0.4, 0.5) is 10.1 Å². The molecule has 16 heavy (non-hydrogen) atoms. The second-order valence-electron chi connectivity index (χ2n) is 4.26. The number of para-hydroxylation sites is 1. The van der Waals surface area contributed by atoms with Crippen LogP contribution in [-0.4, -0.2) is 24.2 Å². The number of hydrogen-bond acceptors (Lipinski definition) is 2. The lowest BCUT2D eigenvalue weighted by atomic mass is 9.98. The molecule has 0 spiro atoms. The van der Waals surface area contributed by atoms with Crippen LogP contribution in [0.1, 0.15) is 12.5 Å². The summed E-state index contributed by atoms with van der Waals surface area (Å²) in [7, 11) is 1.75. The molecule has 0 radical (unpaired) electrons. The van der Waals surface area contributed by atoms with Gasteiger partial charge in [0.05, 0.1) is 11.6 Å². The molecule has 2 unspecified atom stereocenters. The fourth-order valence-electron chi connectivity index (χ4n) is 2.32. The number of rotatable bonds is 2. The highest BCUT2D eigenvalue weighted by atomic mass is 19.1. The van der Waals surface area contributed by atoms with E-state index in [1.807, 2.05) is 6.07 Å².